The highest BCUT2D eigenvalue weighted by molar-refractivity contribution is 14.1. The van der Waals surface area contributed by atoms with Crippen molar-refractivity contribution in [3.8, 4) is 5.75 Å². The number of hydrogen-bond acceptors (Lipinski definition) is 5. The predicted octanol–water partition coefficient (Wildman–Crippen LogP) is 1.14. The lowest BCUT2D eigenvalue weighted by Gasteiger charge is -2.17. The lowest BCUT2D eigenvalue weighted by molar-refractivity contribution is -0.331. The van der Waals surface area contributed by atoms with Gasteiger partial charge in [0.2, 0.25) is 0 Å². The zero-order valence-corrected chi connectivity index (χ0v) is 13.3. The number of aliphatic carboxylic acids is 1. The summed E-state index contributed by atoms with van der Waals surface area (Å²) in [7, 11) is 0. The van der Waals surface area contributed by atoms with Gasteiger partial charge in [0.1, 0.15) is 11.7 Å². The first-order valence-corrected chi connectivity index (χ1v) is 6.75. The molecule has 0 aliphatic heterocycles. The van der Waals surface area contributed by atoms with Crippen LogP contribution in [0.15, 0.2) is 12.1 Å². The average Bonchev–Trinajstić information content (AvgIpc) is 2.32. The lowest BCUT2D eigenvalue weighted by Crippen LogP contribution is -2.45. The Morgan fingerprint density at radius 1 is 1.32 bits per heavy atom. The average molecular weight is 497 g/mol. The number of halogens is 4. The summed E-state index contributed by atoms with van der Waals surface area (Å²) in [5.41, 5.74) is -0.0688. The molecule has 9 heteroatoms. The molecule has 0 spiro atoms. The van der Waals surface area contributed by atoms with E-state index in [4.69, 9.17) is 0 Å². The zero-order valence-electron chi connectivity index (χ0n) is 8.95. The van der Waals surface area contributed by atoms with Gasteiger partial charge in [0, 0.05) is 0 Å². The summed E-state index contributed by atoms with van der Waals surface area (Å²) in [5, 5.41) is 19.5. The van der Waals surface area contributed by atoms with Gasteiger partial charge in [0.15, 0.2) is 6.61 Å². The molecule has 0 saturated carbocycles. The number of benzene rings is 1. The van der Waals surface area contributed by atoms with Crippen LogP contribution in [-0.4, -0.2) is 29.6 Å². The molecular formula is C10H5F2I2O5-. The van der Waals surface area contributed by atoms with Crippen molar-refractivity contribution < 1.29 is 33.3 Å². The van der Waals surface area contributed by atoms with Crippen molar-refractivity contribution in [1.82, 2.24) is 0 Å². The predicted molar refractivity (Wildman–Crippen MR) is 73.8 cm³/mol. The molecule has 0 atom stereocenters. The maximum atomic E-state index is 12.7. The molecule has 0 radical (unpaired) electrons. The summed E-state index contributed by atoms with van der Waals surface area (Å²) in [6, 6.07) is 2.47. The van der Waals surface area contributed by atoms with Crippen LogP contribution < -0.4 is 5.11 Å². The Hall–Kier alpha value is -0.720. The van der Waals surface area contributed by atoms with Crippen molar-refractivity contribution in [1.29, 1.82) is 0 Å². The smallest absolute Gasteiger partial charge is 0.338 e. The highest BCUT2D eigenvalue weighted by Crippen LogP contribution is 2.27. The van der Waals surface area contributed by atoms with Gasteiger partial charge in [-0.05, 0) is 57.3 Å². The monoisotopic (exact) mass is 497 g/mol. The number of carbonyl (C=O) groups excluding carboxylic acids is 2. The highest BCUT2D eigenvalue weighted by Gasteiger charge is 2.33. The minimum absolute atomic E-state index is 0.0437. The molecule has 0 heterocycles. The third kappa shape index (κ3) is 4.12. The number of ether oxygens (including phenoxy) is 1. The molecule has 0 unspecified atom stereocenters. The third-order valence-electron chi connectivity index (χ3n) is 1.94. The SMILES string of the molecule is O=C(OCC(F)(F)C(=O)[O-])c1cc(I)c(O)c(I)c1. The van der Waals surface area contributed by atoms with E-state index in [-0.39, 0.29) is 11.3 Å². The first-order chi connectivity index (χ1) is 8.65. The summed E-state index contributed by atoms with van der Waals surface area (Å²) in [6.07, 6.45) is 0. The second kappa shape index (κ2) is 6.15. The molecule has 1 aromatic carbocycles. The number of rotatable bonds is 4. The number of alkyl halides is 2. The number of phenolic OH excluding ortho intramolecular Hbond substituents is 1. The molecule has 19 heavy (non-hydrogen) atoms. The van der Waals surface area contributed by atoms with E-state index < -0.39 is 24.5 Å². The van der Waals surface area contributed by atoms with Crippen molar-refractivity contribution in [2.45, 2.75) is 5.92 Å². The van der Waals surface area contributed by atoms with E-state index in [1.807, 2.05) is 0 Å². The molecule has 0 fully saturated rings. The normalized spacial score (nSPS) is 11.2. The molecule has 0 amide bonds. The van der Waals surface area contributed by atoms with Gasteiger partial charge in [-0.15, -0.1) is 0 Å². The number of carboxylic acids is 1. The number of carboxylic acid groups (broad SMARTS) is 1. The molecule has 0 bridgehead atoms. The van der Waals surface area contributed by atoms with Gasteiger partial charge >= 0.3 is 11.9 Å². The van der Waals surface area contributed by atoms with Gasteiger partial charge in [-0.3, -0.25) is 0 Å². The molecule has 5 nitrogen and oxygen atoms in total. The molecule has 0 saturated heterocycles. The lowest BCUT2D eigenvalue weighted by atomic mass is 10.2. The molecule has 0 aliphatic carbocycles. The molecular weight excluding hydrogens is 492 g/mol. The van der Waals surface area contributed by atoms with E-state index in [2.05, 4.69) is 4.74 Å². The largest absolute Gasteiger partial charge is 0.544 e. The van der Waals surface area contributed by atoms with Gasteiger partial charge in [-0.1, -0.05) is 0 Å². The topological polar surface area (TPSA) is 86.7 Å². The molecule has 104 valence electrons. The Kier molecular flexibility index (Phi) is 5.29. The first-order valence-electron chi connectivity index (χ1n) is 4.59. The fourth-order valence-corrected chi connectivity index (χ4v) is 2.75. The fraction of sp³-hybridized carbons (Fsp3) is 0.200. The van der Waals surface area contributed by atoms with Crippen LogP contribution in [0.2, 0.25) is 0 Å². The number of hydrogen-bond donors (Lipinski definition) is 1. The van der Waals surface area contributed by atoms with Crippen molar-refractivity contribution in [3.05, 3.63) is 24.8 Å². The van der Waals surface area contributed by atoms with Gasteiger partial charge < -0.3 is 19.7 Å². The van der Waals surface area contributed by atoms with Gasteiger partial charge in [0.05, 0.1) is 12.7 Å². The van der Waals surface area contributed by atoms with Crippen molar-refractivity contribution in [2.75, 3.05) is 6.61 Å². The van der Waals surface area contributed by atoms with E-state index in [0.717, 1.165) is 0 Å². The maximum Gasteiger partial charge on any atom is 0.338 e. The summed E-state index contributed by atoms with van der Waals surface area (Å²) in [6.45, 7) is -1.61. The van der Waals surface area contributed by atoms with Crippen LogP contribution in [0.1, 0.15) is 10.4 Å². The number of esters is 1. The number of phenols is 1. The molecule has 1 N–H and O–H groups in total. The second-order valence-electron chi connectivity index (χ2n) is 3.36. The van der Waals surface area contributed by atoms with E-state index in [0.29, 0.717) is 7.14 Å². The summed E-state index contributed by atoms with van der Waals surface area (Å²) in [4.78, 5) is 21.5. The van der Waals surface area contributed by atoms with E-state index in [9.17, 15) is 28.6 Å². The van der Waals surface area contributed by atoms with Gasteiger partial charge in [0.25, 0.3) is 0 Å². The van der Waals surface area contributed by atoms with Gasteiger partial charge in [-0.2, -0.15) is 8.78 Å². The summed E-state index contributed by atoms with van der Waals surface area (Å²) >= 11 is 3.50. The van der Waals surface area contributed by atoms with Crippen LogP contribution in [0.25, 0.3) is 0 Å². The van der Waals surface area contributed by atoms with Crippen molar-refractivity contribution in [2.24, 2.45) is 0 Å². The van der Waals surface area contributed by atoms with Crippen LogP contribution >= 0.6 is 45.2 Å². The van der Waals surface area contributed by atoms with Crippen LogP contribution in [0.5, 0.6) is 5.75 Å². The number of aromatic hydroxyl groups is 1. The van der Waals surface area contributed by atoms with E-state index >= 15 is 0 Å². The minimum atomic E-state index is -4.24. The Morgan fingerprint density at radius 3 is 2.21 bits per heavy atom. The molecule has 1 rings (SSSR count). The Bertz CT molecular complexity index is 510. The Labute approximate surface area is 133 Å². The fourth-order valence-electron chi connectivity index (χ4n) is 0.982. The van der Waals surface area contributed by atoms with Crippen LogP contribution in [-0.2, 0) is 9.53 Å². The Morgan fingerprint density at radius 2 is 1.79 bits per heavy atom. The van der Waals surface area contributed by atoms with Crippen LogP contribution in [0.4, 0.5) is 8.78 Å². The van der Waals surface area contributed by atoms with Crippen LogP contribution in [0.3, 0.4) is 0 Å². The standard InChI is InChI=1S/C10H6F2I2O5/c11-10(12,9(17)18)3-19-8(16)4-1-5(13)7(15)6(14)2-4/h1-2,15H,3H2,(H,17,18)/p-1. The summed E-state index contributed by atoms with van der Waals surface area (Å²) < 4.78 is 30.2. The number of carbonyl (C=O) groups is 2. The third-order valence-corrected chi connectivity index (χ3v) is 3.58. The molecule has 0 aliphatic rings. The first kappa shape index (κ1) is 16.3. The van der Waals surface area contributed by atoms with E-state index in [1.165, 1.54) is 12.1 Å². The van der Waals surface area contributed by atoms with E-state index in [1.54, 1.807) is 45.2 Å². The molecule has 1 aromatic rings. The quantitative estimate of drug-likeness (QED) is 0.499. The van der Waals surface area contributed by atoms with Crippen molar-refractivity contribution >= 4 is 57.1 Å². The maximum absolute atomic E-state index is 12.7. The molecule has 0 aromatic heterocycles. The minimum Gasteiger partial charge on any atom is -0.544 e. The van der Waals surface area contributed by atoms with Crippen molar-refractivity contribution in [3.63, 3.8) is 0 Å². The van der Waals surface area contributed by atoms with Crippen LogP contribution in [0, 0.1) is 7.14 Å². The highest BCUT2D eigenvalue weighted by atomic mass is 127. The second-order valence-corrected chi connectivity index (χ2v) is 5.68. The zero-order chi connectivity index (χ0) is 14.8. The Balaban J connectivity index is 2.83. The summed E-state index contributed by atoms with van der Waals surface area (Å²) in [5.74, 6) is -8.02. The van der Waals surface area contributed by atoms with Gasteiger partial charge in [-0.25, -0.2) is 4.79 Å².